The lowest BCUT2D eigenvalue weighted by molar-refractivity contribution is 1.21. The maximum Gasteiger partial charge on any atom is 0.149 e. The van der Waals surface area contributed by atoms with Crippen LogP contribution < -0.4 is 11.1 Å². The van der Waals surface area contributed by atoms with E-state index < -0.39 is 0 Å². The lowest BCUT2D eigenvalue weighted by atomic mass is 10.2. The Morgan fingerprint density at radius 3 is 2.78 bits per heavy atom. The number of nitrogens with zero attached hydrogens (tertiary/aromatic N) is 3. The molecule has 2 aromatic heterocycles. The van der Waals surface area contributed by atoms with E-state index in [1.165, 1.54) is 6.20 Å². The fourth-order valence-electron chi connectivity index (χ4n) is 1.70. The van der Waals surface area contributed by atoms with Crippen molar-refractivity contribution in [3.63, 3.8) is 0 Å². The van der Waals surface area contributed by atoms with Gasteiger partial charge in [0.2, 0.25) is 0 Å². The molecule has 0 spiro atoms. The lowest BCUT2D eigenvalue weighted by Gasteiger charge is -2.06. The van der Waals surface area contributed by atoms with Crippen LogP contribution in [0.5, 0.6) is 0 Å². The highest BCUT2D eigenvalue weighted by Gasteiger charge is 1.99. The van der Waals surface area contributed by atoms with Gasteiger partial charge in [-0.3, -0.25) is 4.98 Å². The molecule has 0 saturated carbocycles. The summed E-state index contributed by atoms with van der Waals surface area (Å²) >= 11 is 0. The summed E-state index contributed by atoms with van der Waals surface area (Å²) in [6, 6.07) is 9.85. The van der Waals surface area contributed by atoms with Crippen LogP contribution in [-0.4, -0.2) is 15.0 Å². The molecule has 2 heterocycles. The molecule has 3 rings (SSSR count). The first-order valence-corrected chi connectivity index (χ1v) is 5.50. The Kier molecular flexibility index (Phi) is 2.49. The van der Waals surface area contributed by atoms with Gasteiger partial charge in [-0.15, -0.1) is 0 Å². The van der Waals surface area contributed by atoms with Gasteiger partial charge >= 0.3 is 0 Å². The summed E-state index contributed by atoms with van der Waals surface area (Å²) in [7, 11) is 0. The number of nitrogens with one attached hydrogen (secondary N) is 1. The summed E-state index contributed by atoms with van der Waals surface area (Å²) in [5.74, 6) is 1.07. The minimum absolute atomic E-state index is 0.406. The van der Waals surface area contributed by atoms with Gasteiger partial charge in [0.15, 0.2) is 0 Å². The number of hydrogen-bond donors (Lipinski definition) is 2. The van der Waals surface area contributed by atoms with Crippen LogP contribution in [0.15, 0.2) is 48.9 Å². The zero-order valence-electron chi connectivity index (χ0n) is 9.54. The van der Waals surface area contributed by atoms with Crippen LogP contribution in [0.2, 0.25) is 0 Å². The van der Waals surface area contributed by atoms with Gasteiger partial charge in [-0.05, 0) is 24.3 Å². The van der Waals surface area contributed by atoms with E-state index >= 15 is 0 Å². The fraction of sp³-hybridized carbons (Fsp3) is 0. The second-order valence-corrected chi connectivity index (χ2v) is 3.86. The van der Waals surface area contributed by atoms with Gasteiger partial charge in [0.05, 0.1) is 17.9 Å². The molecule has 3 aromatic rings. The van der Waals surface area contributed by atoms with Crippen LogP contribution in [0, 0.1) is 0 Å². The largest absolute Gasteiger partial charge is 0.382 e. The highest BCUT2D eigenvalue weighted by Crippen LogP contribution is 2.19. The summed E-state index contributed by atoms with van der Waals surface area (Å²) in [5.41, 5.74) is 7.39. The monoisotopic (exact) mass is 237 g/mol. The number of aromatic nitrogens is 3. The van der Waals surface area contributed by atoms with Gasteiger partial charge in [-0.1, -0.05) is 6.07 Å². The topological polar surface area (TPSA) is 76.7 Å². The minimum Gasteiger partial charge on any atom is -0.382 e. The second-order valence-electron chi connectivity index (χ2n) is 3.86. The minimum atomic E-state index is 0.406. The van der Waals surface area contributed by atoms with Crippen molar-refractivity contribution >= 4 is 28.2 Å². The first kappa shape index (κ1) is 10.5. The highest BCUT2D eigenvalue weighted by molar-refractivity contribution is 5.82. The third-order valence-corrected chi connectivity index (χ3v) is 2.55. The molecule has 0 unspecified atom stereocenters. The molecule has 0 saturated heterocycles. The van der Waals surface area contributed by atoms with Crippen molar-refractivity contribution in [2.24, 2.45) is 0 Å². The van der Waals surface area contributed by atoms with Crippen LogP contribution in [-0.2, 0) is 0 Å². The van der Waals surface area contributed by atoms with E-state index in [1.54, 1.807) is 12.4 Å². The normalized spacial score (nSPS) is 10.4. The molecular formula is C13H11N5. The van der Waals surface area contributed by atoms with Crippen LogP contribution in [0.25, 0.3) is 10.9 Å². The zero-order chi connectivity index (χ0) is 12.4. The van der Waals surface area contributed by atoms with E-state index in [1.807, 2.05) is 30.3 Å². The number of fused-ring (bicyclic) bond motifs is 1. The molecule has 5 nitrogen and oxygen atoms in total. The van der Waals surface area contributed by atoms with Crippen LogP contribution in [0.1, 0.15) is 0 Å². The van der Waals surface area contributed by atoms with E-state index in [0.29, 0.717) is 11.6 Å². The molecule has 0 aliphatic rings. The molecule has 3 N–H and O–H groups in total. The Labute approximate surface area is 104 Å². The number of pyridine rings is 1. The predicted octanol–water partition coefficient (Wildman–Crippen LogP) is 2.35. The fourth-order valence-corrected chi connectivity index (χ4v) is 1.70. The summed E-state index contributed by atoms with van der Waals surface area (Å²) in [5, 5.41) is 4.24. The molecule has 0 atom stereocenters. The van der Waals surface area contributed by atoms with Crippen molar-refractivity contribution in [2.75, 3.05) is 11.1 Å². The molecule has 0 fully saturated rings. The molecule has 0 aliphatic carbocycles. The Morgan fingerprint density at radius 2 is 1.94 bits per heavy atom. The maximum atomic E-state index is 5.48. The molecule has 18 heavy (non-hydrogen) atoms. The van der Waals surface area contributed by atoms with E-state index in [0.717, 1.165) is 16.6 Å². The number of hydrogen-bond acceptors (Lipinski definition) is 5. The smallest absolute Gasteiger partial charge is 0.149 e. The molecule has 0 bridgehead atoms. The number of anilines is 3. The quantitative estimate of drug-likeness (QED) is 0.715. The van der Waals surface area contributed by atoms with Gasteiger partial charge in [0.1, 0.15) is 11.6 Å². The van der Waals surface area contributed by atoms with Crippen LogP contribution in [0.4, 0.5) is 17.3 Å². The van der Waals surface area contributed by atoms with Gasteiger partial charge in [0.25, 0.3) is 0 Å². The average Bonchev–Trinajstić information content (AvgIpc) is 2.41. The number of nitrogen functional groups attached to an aromatic ring is 1. The number of rotatable bonds is 2. The lowest BCUT2D eigenvalue weighted by Crippen LogP contribution is -1.97. The summed E-state index contributed by atoms with van der Waals surface area (Å²) in [6.07, 6.45) is 4.90. The van der Waals surface area contributed by atoms with Crippen LogP contribution in [0.3, 0.4) is 0 Å². The van der Waals surface area contributed by atoms with Crippen molar-refractivity contribution in [1.29, 1.82) is 0 Å². The molecule has 5 heteroatoms. The first-order valence-electron chi connectivity index (χ1n) is 5.50. The molecule has 0 aliphatic heterocycles. The third-order valence-electron chi connectivity index (χ3n) is 2.55. The van der Waals surface area contributed by atoms with Crippen LogP contribution >= 0.6 is 0 Å². The van der Waals surface area contributed by atoms with Gasteiger partial charge in [-0.2, -0.15) is 0 Å². The van der Waals surface area contributed by atoms with Crippen molar-refractivity contribution in [3.05, 3.63) is 48.9 Å². The highest BCUT2D eigenvalue weighted by atomic mass is 15.0. The molecule has 0 amide bonds. The summed E-state index contributed by atoms with van der Waals surface area (Å²) in [6.45, 7) is 0. The van der Waals surface area contributed by atoms with Crippen molar-refractivity contribution in [1.82, 2.24) is 15.0 Å². The van der Waals surface area contributed by atoms with Gasteiger partial charge in [0, 0.05) is 17.3 Å². The van der Waals surface area contributed by atoms with Crippen molar-refractivity contribution < 1.29 is 0 Å². The second kappa shape index (κ2) is 4.29. The van der Waals surface area contributed by atoms with Gasteiger partial charge < -0.3 is 11.1 Å². The van der Waals surface area contributed by atoms with E-state index in [2.05, 4.69) is 20.3 Å². The van der Waals surface area contributed by atoms with E-state index in [-0.39, 0.29) is 0 Å². The first-order chi connectivity index (χ1) is 8.81. The zero-order valence-corrected chi connectivity index (χ0v) is 9.54. The predicted molar refractivity (Wildman–Crippen MR) is 71.5 cm³/mol. The van der Waals surface area contributed by atoms with E-state index in [9.17, 15) is 0 Å². The molecular weight excluding hydrogens is 226 g/mol. The van der Waals surface area contributed by atoms with E-state index in [4.69, 9.17) is 5.73 Å². The maximum absolute atomic E-state index is 5.48. The molecule has 88 valence electrons. The third kappa shape index (κ3) is 2.06. The van der Waals surface area contributed by atoms with Crippen molar-refractivity contribution in [3.8, 4) is 0 Å². The molecule has 1 aromatic carbocycles. The Hall–Kier alpha value is -2.69. The van der Waals surface area contributed by atoms with Crippen molar-refractivity contribution in [2.45, 2.75) is 0 Å². The molecule has 0 radical (unpaired) electrons. The Balaban J connectivity index is 1.92. The SMILES string of the molecule is Nc1cnc(Nc2ccc3ncccc3c2)cn1. The summed E-state index contributed by atoms with van der Waals surface area (Å²) in [4.78, 5) is 12.4. The van der Waals surface area contributed by atoms with Gasteiger partial charge in [-0.25, -0.2) is 9.97 Å². The number of nitrogens with two attached hydrogens (primary N) is 1. The Morgan fingerprint density at radius 1 is 1.00 bits per heavy atom. The Bertz CT molecular complexity index is 678. The average molecular weight is 237 g/mol. The summed E-state index contributed by atoms with van der Waals surface area (Å²) < 4.78 is 0. The standard InChI is InChI=1S/C13H11N5/c14-12-7-17-13(8-16-12)18-10-3-4-11-9(6-10)2-1-5-15-11/h1-8H,(H2,14,16)(H,17,18). The number of benzene rings is 1.